The average molecular weight is 340 g/mol. The van der Waals surface area contributed by atoms with E-state index in [1.807, 2.05) is 0 Å². The number of urea groups is 1. The zero-order chi connectivity index (χ0) is 17.6. The Morgan fingerprint density at radius 2 is 1.05 bits per heavy atom. The molecule has 0 atom stereocenters. The predicted molar refractivity (Wildman–Crippen MR) is 63.7 cm³/mol. The van der Waals surface area contributed by atoms with E-state index in [-0.39, 0.29) is 5.96 Å². The molecule has 0 aromatic heterocycles. The zero-order valence-corrected chi connectivity index (χ0v) is 11.3. The molecule has 0 saturated heterocycles. The number of carbonyl (C=O) groups is 1. The molecular formula is C3H14N6O9P2. The Bertz CT molecular complexity index is 373. The summed E-state index contributed by atoms with van der Waals surface area (Å²) in [5.74, 6) is -0.197. The Balaban J connectivity index is -0.0000000862. The van der Waals surface area contributed by atoms with Crippen LogP contribution < -0.4 is 22.9 Å². The molecule has 120 valence electrons. The number of carbonyl (C=O) groups excluding carboxylic acids is 1. The summed E-state index contributed by atoms with van der Waals surface area (Å²) in [6.45, 7) is 0. The Hall–Kier alpha value is -1.75. The molecule has 15 nitrogen and oxygen atoms in total. The molecule has 20 heavy (non-hydrogen) atoms. The van der Waals surface area contributed by atoms with E-state index in [4.69, 9.17) is 60.0 Å². The van der Waals surface area contributed by atoms with E-state index in [1.54, 1.807) is 0 Å². The molecular weight excluding hydrogens is 326 g/mol. The average Bonchev–Trinajstić information content (AvgIpc) is 1.93. The number of hydrogen-bond acceptors (Lipinski definition) is 5. The van der Waals surface area contributed by atoms with Crippen LogP contribution in [-0.2, 0) is 9.13 Å². The molecule has 2 amide bonds. The highest BCUT2D eigenvalue weighted by Gasteiger charge is 2.00. The van der Waals surface area contributed by atoms with Gasteiger partial charge in [-0.1, -0.05) is 0 Å². The van der Waals surface area contributed by atoms with Crippen molar-refractivity contribution < 1.29 is 43.3 Å². The van der Waals surface area contributed by atoms with Gasteiger partial charge in [-0.05, 0) is 0 Å². The summed E-state index contributed by atoms with van der Waals surface area (Å²) in [5, 5.41) is 7.64. The Morgan fingerprint density at radius 3 is 1.05 bits per heavy atom. The van der Waals surface area contributed by atoms with Crippen LogP contribution in [0.3, 0.4) is 0 Å². The van der Waals surface area contributed by atoms with Crippen LogP contribution in [0, 0.1) is 11.5 Å². The second-order valence-electron chi connectivity index (χ2n) is 2.07. The topological polar surface area (TPSA) is 313 Å². The lowest BCUT2D eigenvalue weighted by Gasteiger charge is -1.82. The molecule has 0 aromatic carbocycles. The van der Waals surface area contributed by atoms with Gasteiger partial charge in [0.15, 0.2) is 0 Å². The monoisotopic (exact) mass is 340 g/mol. The summed E-state index contributed by atoms with van der Waals surface area (Å²) in [6.07, 6.45) is 1.41. The number of guanidine groups is 1. The number of amides is 2. The number of rotatable bonds is 0. The van der Waals surface area contributed by atoms with Gasteiger partial charge in [0, 0.05) is 0 Å². The molecule has 0 heterocycles. The van der Waals surface area contributed by atoms with Crippen LogP contribution in [0.5, 0.6) is 0 Å². The van der Waals surface area contributed by atoms with Crippen molar-refractivity contribution in [3.8, 4) is 6.19 Å². The molecule has 0 rings (SSSR count). The van der Waals surface area contributed by atoms with Gasteiger partial charge in [-0.3, -0.25) is 0 Å². The highest BCUT2D eigenvalue weighted by molar-refractivity contribution is 7.45. The summed E-state index contributed by atoms with van der Waals surface area (Å²) in [4.78, 5) is 55.0. The first-order valence-electron chi connectivity index (χ1n) is 3.59. The lowest BCUT2D eigenvalue weighted by Crippen LogP contribution is -2.21. The van der Waals surface area contributed by atoms with E-state index in [9.17, 15) is 0 Å². The molecule has 0 aliphatic rings. The molecule has 0 fully saturated rings. The van der Waals surface area contributed by atoms with Gasteiger partial charge in [-0.15, -0.1) is 4.99 Å². The molecule has 0 spiro atoms. The number of phosphoric acid groups is 2. The van der Waals surface area contributed by atoms with Crippen LogP contribution in [0.25, 0.3) is 0 Å². The fourth-order valence-corrected chi connectivity index (χ4v) is 0.0577. The van der Waals surface area contributed by atoms with Crippen LogP contribution in [-0.4, -0.2) is 41.4 Å². The number of nitriles is 1. The minimum absolute atomic E-state index is 0.197. The van der Waals surface area contributed by atoms with Crippen molar-refractivity contribution in [3.63, 3.8) is 0 Å². The van der Waals surface area contributed by atoms with Crippen molar-refractivity contribution in [2.75, 3.05) is 0 Å². The van der Waals surface area contributed by atoms with Crippen LogP contribution in [0.4, 0.5) is 4.79 Å². The molecule has 17 heteroatoms. The summed E-state index contributed by atoms with van der Waals surface area (Å²) in [5.41, 5.74) is 17.9. The molecule has 0 aliphatic heterocycles. The standard InChI is InChI=1S/C2H4N4.CH4N2O.2H3O4P/c3-1-6-2(4)5;2-1(3)4;2*1-5(2,3)4/h(H4,4,5,6);(H4,2,3,4);2*(H3,1,2,3,4). The zero-order valence-electron chi connectivity index (χ0n) is 9.51. The van der Waals surface area contributed by atoms with Crippen molar-refractivity contribution in [2.45, 2.75) is 0 Å². The number of primary amides is 2. The maximum Gasteiger partial charge on any atom is 0.466 e. The summed E-state index contributed by atoms with van der Waals surface area (Å²) >= 11 is 0. The highest BCUT2D eigenvalue weighted by atomic mass is 31.2. The SMILES string of the molecule is N#CN=C(N)N.NC(N)=O.O=P(O)(O)O.O=P(O)(O)O. The molecule has 0 bridgehead atoms. The minimum atomic E-state index is -4.64. The number of nitrogens with two attached hydrogens (primary N) is 4. The molecule has 0 unspecified atom stereocenters. The van der Waals surface area contributed by atoms with Crippen molar-refractivity contribution in [2.24, 2.45) is 27.9 Å². The largest absolute Gasteiger partial charge is 0.466 e. The smallest absolute Gasteiger partial charge is 0.369 e. The first-order valence-corrected chi connectivity index (χ1v) is 6.73. The number of nitrogens with zero attached hydrogens (tertiary/aromatic N) is 2. The summed E-state index contributed by atoms with van der Waals surface area (Å²) < 4.78 is 17.8. The van der Waals surface area contributed by atoms with Gasteiger partial charge in [0.25, 0.3) is 0 Å². The van der Waals surface area contributed by atoms with Gasteiger partial charge in [-0.25, -0.2) is 13.9 Å². The third kappa shape index (κ3) is 2420. The molecule has 0 saturated carbocycles. The Kier molecular flexibility index (Phi) is 18.3. The van der Waals surface area contributed by atoms with Gasteiger partial charge >= 0.3 is 21.7 Å². The van der Waals surface area contributed by atoms with Crippen molar-refractivity contribution in [1.29, 1.82) is 5.26 Å². The highest BCUT2D eigenvalue weighted by Crippen LogP contribution is 2.26. The van der Waals surface area contributed by atoms with E-state index >= 15 is 0 Å². The van der Waals surface area contributed by atoms with E-state index < -0.39 is 21.7 Å². The van der Waals surface area contributed by atoms with E-state index in [0.29, 0.717) is 0 Å². The summed E-state index contributed by atoms with van der Waals surface area (Å²) in [7, 11) is -9.28. The fourth-order valence-electron chi connectivity index (χ4n) is 0.0577. The second-order valence-corrected chi connectivity index (χ2v) is 4.12. The predicted octanol–water partition coefficient (Wildman–Crippen LogP) is -4.09. The Labute approximate surface area is 111 Å². The van der Waals surface area contributed by atoms with Crippen molar-refractivity contribution in [1.82, 2.24) is 0 Å². The van der Waals surface area contributed by atoms with Gasteiger partial charge in [0.1, 0.15) is 0 Å². The molecule has 0 radical (unpaired) electrons. The van der Waals surface area contributed by atoms with Crippen LogP contribution in [0.2, 0.25) is 0 Å². The molecule has 0 aromatic rings. The van der Waals surface area contributed by atoms with Crippen LogP contribution in [0.1, 0.15) is 0 Å². The molecule has 14 N–H and O–H groups in total. The van der Waals surface area contributed by atoms with Crippen molar-refractivity contribution >= 4 is 27.6 Å². The van der Waals surface area contributed by atoms with Crippen molar-refractivity contribution in [3.05, 3.63) is 0 Å². The van der Waals surface area contributed by atoms with Crippen LogP contribution >= 0.6 is 15.6 Å². The van der Waals surface area contributed by atoms with E-state index in [2.05, 4.69) is 16.5 Å². The normalized spacial score (nSPS) is 8.85. The van der Waals surface area contributed by atoms with E-state index in [1.165, 1.54) is 6.19 Å². The maximum atomic E-state index is 9.00. The molecule has 0 aliphatic carbocycles. The van der Waals surface area contributed by atoms with E-state index in [0.717, 1.165) is 0 Å². The van der Waals surface area contributed by atoms with Gasteiger partial charge in [-0.2, -0.15) is 5.26 Å². The first-order chi connectivity index (χ1) is 8.50. The quantitative estimate of drug-likeness (QED) is 0.0870. The third-order valence-corrected chi connectivity index (χ3v) is 0.179. The number of aliphatic imine (C=N–C) groups is 1. The third-order valence-electron chi connectivity index (χ3n) is 0.179. The second kappa shape index (κ2) is 13.7. The lowest BCUT2D eigenvalue weighted by molar-refractivity contribution is 0.256. The number of hydrogen-bond donors (Lipinski definition) is 10. The van der Waals surface area contributed by atoms with Gasteiger partial charge in [0.2, 0.25) is 12.2 Å². The Morgan fingerprint density at radius 1 is 0.900 bits per heavy atom. The lowest BCUT2D eigenvalue weighted by atomic mass is 11.1. The summed E-state index contributed by atoms with van der Waals surface area (Å²) in [6, 6.07) is -0.833. The van der Waals surface area contributed by atoms with Gasteiger partial charge in [0.05, 0.1) is 0 Å². The maximum absolute atomic E-state index is 9.00. The van der Waals surface area contributed by atoms with Crippen LogP contribution in [0.15, 0.2) is 4.99 Å². The first kappa shape index (κ1) is 26.7. The van der Waals surface area contributed by atoms with Gasteiger partial charge < -0.3 is 52.3 Å². The fraction of sp³-hybridized carbons (Fsp3) is 0. The minimum Gasteiger partial charge on any atom is -0.369 e.